The second kappa shape index (κ2) is 7.69. The number of hydrogen-bond donors (Lipinski definition) is 4. The van der Waals surface area contributed by atoms with E-state index in [-0.39, 0.29) is 26.8 Å². The molecule has 0 unspecified atom stereocenters. The van der Waals surface area contributed by atoms with E-state index in [9.17, 15) is 25.2 Å². The predicted octanol–water partition coefficient (Wildman–Crippen LogP) is 4.83. The van der Waals surface area contributed by atoms with Gasteiger partial charge in [-0.3, -0.25) is 0 Å². The number of esters is 1. The molecule has 0 aliphatic carbocycles. The molecule has 152 valence electrons. The Morgan fingerprint density at radius 3 is 1.86 bits per heavy atom. The summed E-state index contributed by atoms with van der Waals surface area (Å²) in [6.07, 6.45) is 0. The molecule has 2 rings (SSSR count). The highest BCUT2D eigenvalue weighted by Gasteiger charge is 2.27. The van der Waals surface area contributed by atoms with Crippen LogP contribution in [0, 0.1) is 0 Å². The summed E-state index contributed by atoms with van der Waals surface area (Å²) in [4.78, 5) is 12.3. The van der Waals surface area contributed by atoms with Gasteiger partial charge in [0.05, 0.1) is 5.56 Å². The summed E-state index contributed by atoms with van der Waals surface area (Å²) in [5.41, 5.74) is 1.81. The van der Waals surface area contributed by atoms with Crippen molar-refractivity contribution in [3.63, 3.8) is 0 Å². The van der Waals surface area contributed by atoms with Gasteiger partial charge in [0.1, 0.15) is 12.4 Å². The molecular weight excluding hydrogens is 475 g/mol. The summed E-state index contributed by atoms with van der Waals surface area (Å²) in [6.45, 7) is 9.88. The van der Waals surface area contributed by atoms with Crippen molar-refractivity contribution in [2.24, 2.45) is 0 Å². The summed E-state index contributed by atoms with van der Waals surface area (Å²) in [7, 11) is 0. The van der Waals surface area contributed by atoms with Crippen LogP contribution in [-0.4, -0.2) is 26.4 Å². The number of carbonyl (C=O) groups is 1. The standard InChI is InChI=1S/C21H25IO6/c1-20(2,3)13-6-11(7-14(17(13)25)21(4,5)22)10-28-19(27)12-8-15(23)18(26)16(24)9-12/h6-9,23-26H,10H2,1-5H3. The highest BCUT2D eigenvalue weighted by molar-refractivity contribution is 14.1. The smallest absolute Gasteiger partial charge is 0.338 e. The molecule has 4 N–H and O–H groups in total. The van der Waals surface area contributed by atoms with Gasteiger partial charge >= 0.3 is 5.97 Å². The molecule has 0 radical (unpaired) electrons. The zero-order valence-corrected chi connectivity index (χ0v) is 18.7. The monoisotopic (exact) mass is 500 g/mol. The Hall–Kier alpha value is -2.16. The maximum Gasteiger partial charge on any atom is 0.338 e. The molecule has 0 fully saturated rings. The van der Waals surface area contributed by atoms with Crippen molar-refractivity contribution in [1.82, 2.24) is 0 Å². The SMILES string of the molecule is CC(C)(C)c1cc(COC(=O)c2cc(O)c(O)c(O)c2)cc(C(C)(C)I)c1O. The minimum Gasteiger partial charge on any atom is -0.507 e. The number of aromatic hydroxyl groups is 4. The Morgan fingerprint density at radius 2 is 1.39 bits per heavy atom. The summed E-state index contributed by atoms with van der Waals surface area (Å²) >= 11 is 2.24. The minimum absolute atomic E-state index is 0.0513. The minimum atomic E-state index is -0.758. The second-order valence-corrected chi connectivity index (χ2v) is 10.9. The fourth-order valence-electron chi connectivity index (χ4n) is 2.76. The lowest BCUT2D eigenvalue weighted by Gasteiger charge is -2.27. The van der Waals surface area contributed by atoms with E-state index in [1.54, 1.807) is 12.1 Å². The summed E-state index contributed by atoms with van der Waals surface area (Å²) in [6, 6.07) is 5.65. The first kappa shape index (κ1) is 22.1. The molecule has 0 atom stereocenters. The molecule has 0 saturated heterocycles. The van der Waals surface area contributed by atoms with E-state index in [0.29, 0.717) is 5.56 Å². The van der Waals surface area contributed by atoms with Gasteiger partial charge in [0, 0.05) is 8.99 Å². The van der Waals surface area contributed by atoms with Crippen LogP contribution in [-0.2, 0) is 20.2 Å². The summed E-state index contributed by atoms with van der Waals surface area (Å²) < 4.78 is 4.98. The van der Waals surface area contributed by atoms with Crippen LogP contribution in [0.25, 0.3) is 0 Å². The van der Waals surface area contributed by atoms with E-state index in [0.717, 1.165) is 23.3 Å². The Bertz CT molecular complexity index is 848. The number of phenolic OH excluding ortho intramolecular Hbond substituents is 4. The maximum absolute atomic E-state index is 12.3. The van der Waals surface area contributed by atoms with Gasteiger partial charge in [-0.05, 0) is 54.7 Å². The number of phenols is 4. The second-order valence-electron chi connectivity index (χ2n) is 8.20. The summed E-state index contributed by atoms with van der Waals surface area (Å²) in [5, 5.41) is 39.2. The molecule has 2 aromatic rings. The van der Waals surface area contributed by atoms with Gasteiger partial charge in [0.25, 0.3) is 0 Å². The molecule has 0 aliphatic heterocycles. The molecule has 0 amide bonds. The number of alkyl halides is 1. The van der Waals surface area contributed by atoms with Crippen LogP contribution in [0.15, 0.2) is 24.3 Å². The van der Waals surface area contributed by atoms with Gasteiger partial charge in [0.15, 0.2) is 17.2 Å². The van der Waals surface area contributed by atoms with E-state index in [1.165, 1.54) is 0 Å². The Morgan fingerprint density at radius 1 is 0.893 bits per heavy atom. The van der Waals surface area contributed by atoms with E-state index in [4.69, 9.17) is 4.74 Å². The molecular formula is C21H25IO6. The first-order chi connectivity index (χ1) is 12.7. The van der Waals surface area contributed by atoms with Crippen LogP contribution >= 0.6 is 22.6 Å². The van der Waals surface area contributed by atoms with Gasteiger partial charge in [-0.2, -0.15) is 0 Å². The quantitative estimate of drug-likeness (QED) is 0.207. The molecule has 0 aromatic heterocycles. The fourth-order valence-corrected chi connectivity index (χ4v) is 3.17. The Balaban J connectivity index is 2.35. The van der Waals surface area contributed by atoms with Crippen molar-refractivity contribution >= 4 is 28.6 Å². The van der Waals surface area contributed by atoms with Gasteiger partial charge in [-0.15, -0.1) is 0 Å². The zero-order valence-electron chi connectivity index (χ0n) is 16.5. The van der Waals surface area contributed by atoms with Gasteiger partial charge in [0.2, 0.25) is 0 Å². The largest absolute Gasteiger partial charge is 0.507 e. The van der Waals surface area contributed by atoms with Crippen molar-refractivity contribution in [3.8, 4) is 23.0 Å². The van der Waals surface area contributed by atoms with Crippen LogP contribution in [0.4, 0.5) is 0 Å². The molecule has 0 saturated carbocycles. The van der Waals surface area contributed by atoms with Crippen LogP contribution < -0.4 is 0 Å². The summed E-state index contributed by atoms with van der Waals surface area (Å²) in [5.74, 6) is -2.44. The lowest BCUT2D eigenvalue weighted by atomic mass is 9.82. The number of halogens is 1. The van der Waals surface area contributed by atoms with Crippen molar-refractivity contribution in [2.45, 2.75) is 50.1 Å². The van der Waals surface area contributed by atoms with Crippen LogP contribution in [0.1, 0.15) is 61.7 Å². The van der Waals surface area contributed by atoms with Crippen LogP contribution in [0.2, 0.25) is 0 Å². The van der Waals surface area contributed by atoms with Crippen molar-refractivity contribution < 1.29 is 30.0 Å². The molecule has 0 aliphatic rings. The third-order valence-electron chi connectivity index (χ3n) is 4.29. The maximum atomic E-state index is 12.3. The lowest BCUT2D eigenvalue weighted by molar-refractivity contribution is 0.0471. The molecule has 6 nitrogen and oxygen atoms in total. The average molecular weight is 500 g/mol. The fraction of sp³-hybridized carbons (Fsp3) is 0.381. The highest BCUT2D eigenvalue weighted by Crippen LogP contribution is 2.43. The van der Waals surface area contributed by atoms with Crippen molar-refractivity contribution in [1.29, 1.82) is 0 Å². The van der Waals surface area contributed by atoms with Crippen molar-refractivity contribution in [2.75, 3.05) is 0 Å². The lowest BCUT2D eigenvalue weighted by Crippen LogP contribution is -2.17. The number of rotatable bonds is 4. The first-order valence-corrected chi connectivity index (χ1v) is 9.77. The Labute approximate surface area is 177 Å². The van der Waals surface area contributed by atoms with Crippen LogP contribution in [0.3, 0.4) is 0 Å². The number of ether oxygens (including phenoxy) is 1. The topological polar surface area (TPSA) is 107 Å². The van der Waals surface area contributed by atoms with Crippen LogP contribution in [0.5, 0.6) is 23.0 Å². The predicted molar refractivity (Wildman–Crippen MR) is 114 cm³/mol. The third kappa shape index (κ3) is 4.81. The molecule has 2 aromatic carbocycles. The third-order valence-corrected chi connectivity index (χ3v) is 4.87. The van der Waals surface area contributed by atoms with Gasteiger partial charge in [-0.1, -0.05) is 43.4 Å². The van der Waals surface area contributed by atoms with E-state index in [1.807, 2.05) is 34.6 Å². The molecule has 0 bridgehead atoms. The highest BCUT2D eigenvalue weighted by atomic mass is 127. The van der Waals surface area contributed by atoms with E-state index >= 15 is 0 Å². The number of hydrogen-bond acceptors (Lipinski definition) is 6. The van der Waals surface area contributed by atoms with E-state index < -0.39 is 23.2 Å². The Kier molecular flexibility index (Phi) is 6.08. The normalized spacial score (nSPS) is 12.1. The molecule has 0 heterocycles. The number of benzene rings is 2. The molecule has 28 heavy (non-hydrogen) atoms. The van der Waals surface area contributed by atoms with Gasteiger partial charge < -0.3 is 25.2 Å². The zero-order chi connectivity index (χ0) is 21.4. The average Bonchev–Trinajstić information content (AvgIpc) is 2.55. The number of carbonyl (C=O) groups excluding carboxylic acids is 1. The molecule has 7 heteroatoms. The van der Waals surface area contributed by atoms with E-state index in [2.05, 4.69) is 22.6 Å². The first-order valence-electron chi connectivity index (χ1n) is 8.69. The molecule has 0 spiro atoms. The van der Waals surface area contributed by atoms with Crippen molar-refractivity contribution in [3.05, 3.63) is 46.5 Å². The van der Waals surface area contributed by atoms with Gasteiger partial charge in [-0.25, -0.2) is 4.79 Å².